The third-order valence-electron chi connectivity index (χ3n) is 4.49. The molecule has 2 aromatic rings. The quantitative estimate of drug-likeness (QED) is 0.886. The average Bonchev–Trinajstić information content (AvgIpc) is 3.10. The fraction of sp³-hybridized carbons (Fsp3) is 0.714. The first-order valence-electron chi connectivity index (χ1n) is 7.48. The number of aromatic nitrogens is 4. The molecule has 0 radical (unpaired) electrons. The number of nitrogen functional groups attached to an aromatic ring is 1. The smallest absolute Gasteiger partial charge is 0.182 e. The average molecular weight is 261 g/mol. The number of aromatic amines is 1. The fourth-order valence-electron chi connectivity index (χ4n) is 3.35. The topological polar surface area (TPSA) is 72.5 Å². The Morgan fingerprint density at radius 3 is 2.63 bits per heavy atom. The molecular formula is C14H23N5. The molecule has 5 nitrogen and oxygen atoms in total. The van der Waals surface area contributed by atoms with Gasteiger partial charge in [-0.05, 0) is 25.7 Å². The summed E-state index contributed by atoms with van der Waals surface area (Å²) in [7, 11) is 0. The van der Waals surface area contributed by atoms with E-state index in [0.717, 1.165) is 23.9 Å². The molecule has 0 spiro atoms. The van der Waals surface area contributed by atoms with E-state index < -0.39 is 0 Å². The number of rotatable bonds is 4. The Balaban J connectivity index is 2.13. The minimum Gasteiger partial charge on any atom is -0.383 e. The lowest BCUT2D eigenvalue weighted by atomic mass is 10.0. The molecule has 0 aromatic carbocycles. The third-order valence-corrected chi connectivity index (χ3v) is 4.49. The van der Waals surface area contributed by atoms with E-state index in [1.54, 1.807) is 0 Å². The summed E-state index contributed by atoms with van der Waals surface area (Å²) in [4.78, 5) is 0. The summed E-state index contributed by atoms with van der Waals surface area (Å²) in [5.41, 5.74) is 8.18. The second-order valence-corrected chi connectivity index (χ2v) is 5.62. The van der Waals surface area contributed by atoms with E-state index in [9.17, 15) is 0 Å². The Bertz CT molecular complexity index is 558. The van der Waals surface area contributed by atoms with Crippen molar-refractivity contribution in [3.8, 4) is 0 Å². The van der Waals surface area contributed by atoms with E-state index in [1.807, 2.05) is 0 Å². The van der Waals surface area contributed by atoms with E-state index in [4.69, 9.17) is 10.8 Å². The predicted molar refractivity (Wildman–Crippen MR) is 77.1 cm³/mol. The van der Waals surface area contributed by atoms with Crippen molar-refractivity contribution >= 4 is 16.9 Å². The van der Waals surface area contributed by atoms with Crippen LogP contribution in [0.5, 0.6) is 0 Å². The van der Waals surface area contributed by atoms with Crippen LogP contribution in [0.3, 0.4) is 0 Å². The van der Waals surface area contributed by atoms with Crippen LogP contribution in [-0.4, -0.2) is 20.0 Å². The van der Waals surface area contributed by atoms with Gasteiger partial charge in [-0.25, -0.2) is 4.68 Å². The van der Waals surface area contributed by atoms with Crippen molar-refractivity contribution in [3.63, 3.8) is 0 Å². The molecule has 1 aliphatic rings. The SMILES string of the molecule is CCC(CC)n1nc(C2CCCC2)c2c(N)[nH]nc21. The second-order valence-electron chi connectivity index (χ2n) is 5.62. The van der Waals surface area contributed by atoms with Gasteiger partial charge in [0.25, 0.3) is 0 Å². The second kappa shape index (κ2) is 4.87. The maximum absolute atomic E-state index is 6.07. The molecule has 19 heavy (non-hydrogen) atoms. The van der Waals surface area contributed by atoms with Gasteiger partial charge in [0.15, 0.2) is 5.65 Å². The zero-order valence-electron chi connectivity index (χ0n) is 11.8. The van der Waals surface area contributed by atoms with Crippen molar-refractivity contribution in [2.24, 2.45) is 0 Å². The summed E-state index contributed by atoms with van der Waals surface area (Å²) < 4.78 is 2.09. The predicted octanol–water partition coefficient (Wildman–Crippen LogP) is 3.36. The number of anilines is 1. The highest BCUT2D eigenvalue weighted by Gasteiger charge is 2.27. The molecule has 0 saturated heterocycles. The molecule has 1 aliphatic carbocycles. The van der Waals surface area contributed by atoms with Crippen LogP contribution in [-0.2, 0) is 0 Å². The summed E-state index contributed by atoms with van der Waals surface area (Å²) in [6, 6.07) is 0.417. The number of hydrogen-bond donors (Lipinski definition) is 2. The Kier molecular flexibility index (Phi) is 3.21. The lowest BCUT2D eigenvalue weighted by Gasteiger charge is -2.13. The van der Waals surface area contributed by atoms with Crippen molar-refractivity contribution in [3.05, 3.63) is 5.69 Å². The number of nitrogens with two attached hydrogens (primary N) is 1. The number of hydrogen-bond acceptors (Lipinski definition) is 3. The summed E-state index contributed by atoms with van der Waals surface area (Å²) in [6.45, 7) is 4.40. The molecule has 0 amide bonds. The highest BCUT2D eigenvalue weighted by molar-refractivity contribution is 5.89. The highest BCUT2D eigenvalue weighted by Crippen LogP contribution is 2.39. The minimum absolute atomic E-state index is 0.417. The summed E-state index contributed by atoms with van der Waals surface area (Å²) in [6.07, 6.45) is 7.23. The fourth-order valence-corrected chi connectivity index (χ4v) is 3.35. The van der Waals surface area contributed by atoms with Crippen LogP contribution in [0.4, 0.5) is 5.82 Å². The molecule has 1 fully saturated rings. The third kappa shape index (κ3) is 1.91. The first-order chi connectivity index (χ1) is 9.26. The number of nitrogens with zero attached hydrogens (tertiary/aromatic N) is 3. The van der Waals surface area contributed by atoms with Crippen molar-refractivity contribution in [2.75, 3.05) is 5.73 Å². The molecule has 0 aliphatic heterocycles. The summed E-state index contributed by atoms with van der Waals surface area (Å²) in [5, 5.41) is 13.3. The van der Waals surface area contributed by atoms with Crippen molar-refractivity contribution in [1.29, 1.82) is 0 Å². The van der Waals surface area contributed by atoms with Gasteiger partial charge in [0.1, 0.15) is 5.82 Å². The minimum atomic E-state index is 0.417. The molecule has 0 bridgehead atoms. The molecule has 0 unspecified atom stereocenters. The molecule has 3 N–H and O–H groups in total. The van der Waals surface area contributed by atoms with Gasteiger partial charge in [-0.1, -0.05) is 26.7 Å². The van der Waals surface area contributed by atoms with Crippen LogP contribution < -0.4 is 5.73 Å². The molecule has 0 atom stereocenters. The van der Waals surface area contributed by atoms with Gasteiger partial charge in [-0.2, -0.15) is 10.2 Å². The normalized spacial score (nSPS) is 17.0. The van der Waals surface area contributed by atoms with Crippen LogP contribution in [0.15, 0.2) is 0 Å². The van der Waals surface area contributed by atoms with Gasteiger partial charge >= 0.3 is 0 Å². The van der Waals surface area contributed by atoms with Crippen LogP contribution in [0.1, 0.15) is 70.0 Å². The molecular weight excluding hydrogens is 238 g/mol. The molecule has 3 rings (SSSR count). The van der Waals surface area contributed by atoms with Crippen LogP contribution in [0, 0.1) is 0 Å². The van der Waals surface area contributed by atoms with Gasteiger partial charge in [0.05, 0.1) is 17.1 Å². The molecule has 2 aromatic heterocycles. The molecule has 104 valence electrons. The maximum atomic E-state index is 6.07. The van der Waals surface area contributed by atoms with Crippen LogP contribution in [0.2, 0.25) is 0 Å². The lowest BCUT2D eigenvalue weighted by molar-refractivity contribution is 0.431. The van der Waals surface area contributed by atoms with Crippen LogP contribution in [0.25, 0.3) is 11.0 Å². The van der Waals surface area contributed by atoms with Crippen molar-refractivity contribution in [1.82, 2.24) is 20.0 Å². The van der Waals surface area contributed by atoms with Gasteiger partial charge in [-0.15, -0.1) is 0 Å². The maximum Gasteiger partial charge on any atom is 0.182 e. The van der Waals surface area contributed by atoms with Crippen LogP contribution >= 0.6 is 0 Å². The lowest BCUT2D eigenvalue weighted by Crippen LogP contribution is -2.10. The van der Waals surface area contributed by atoms with E-state index in [2.05, 4.69) is 28.7 Å². The van der Waals surface area contributed by atoms with E-state index in [0.29, 0.717) is 17.8 Å². The molecule has 2 heterocycles. The number of H-pyrrole nitrogens is 1. The monoisotopic (exact) mass is 261 g/mol. The zero-order valence-corrected chi connectivity index (χ0v) is 11.8. The van der Waals surface area contributed by atoms with Crippen molar-refractivity contribution in [2.45, 2.75) is 64.3 Å². The Morgan fingerprint density at radius 1 is 1.32 bits per heavy atom. The number of fused-ring (bicyclic) bond motifs is 1. The zero-order chi connectivity index (χ0) is 13.4. The van der Waals surface area contributed by atoms with Gasteiger partial charge in [-0.3, -0.25) is 5.10 Å². The van der Waals surface area contributed by atoms with E-state index >= 15 is 0 Å². The first kappa shape index (κ1) is 12.5. The Morgan fingerprint density at radius 2 is 2.00 bits per heavy atom. The largest absolute Gasteiger partial charge is 0.383 e. The van der Waals surface area contributed by atoms with Crippen molar-refractivity contribution < 1.29 is 0 Å². The standard InChI is InChI=1S/C14H23N5/c1-3-10(4-2)19-14-11(13(15)16-17-14)12(18-19)9-7-5-6-8-9/h9-10H,3-8H2,1-2H3,(H3,15,16,17). The molecule has 1 saturated carbocycles. The van der Waals surface area contributed by atoms with E-state index in [-0.39, 0.29) is 0 Å². The molecule has 5 heteroatoms. The Labute approximate surface area is 113 Å². The summed E-state index contributed by atoms with van der Waals surface area (Å²) in [5.74, 6) is 1.24. The van der Waals surface area contributed by atoms with Gasteiger partial charge in [0.2, 0.25) is 0 Å². The van der Waals surface area contributed by atoms with E-state index in [1.165, 1.54) is 31.4 Å². The summed E-state index contributed by atoms with van der Waals surface area (Å²) >= 11 is 0. The first-order valence-corrected chi connectivity index (χ1v) is 7.48. The van der Waals surface area contributed by atoms with Gasteiger partial charge < -0.3 is 5.73 Å². The Hall–Kier alpha value is -1.52. The highest BCUT2D eigenvalue weighted by atomic mass is 15.4. The number of nitrogens with one attached hydrogen (secondary N) is 1. The van der Waals surface area contributed by atoms with Gasteiger partial charge in [0, 0.05) is 5.92 Å².